The van der Waals surface area contributed by atoms with Gasteiger partial charge in [0, 0.05) is 6.20 Å². The summed E-state index contributed by atoms with van der Waals surface area (Å²) in [6.45, 7) is 2.16. The van der Waals surface area contributed by atoms with Crippen molar-refractivity contribution in [3.05, 3.63) is 24.4 Å². The van der Waals surface area contributed by atoms with Crippen LogP contribution in [0.3, 0.4) is 0 Å². The Morgan fingerprint density at radius 2 is 2.25 bits per heavy atom. The zero-order valence-corrected chi connectivity index (χ0v) is 6.87. The van der Waals surface area contributed by atoms with Crippen LogP contribution in [0.25, 0.3) is 0 Å². The summed E-state index contributed by atoms with van der Waals surface area (Å²) in [4.78, 5) is 0. The zero-order chi connectivity index (χ0) is 5.98. The molecule has 1 heterocycles. The molecule has 2 heteroatoms. The van der Waals surface area contributed by atoms with Crippen LogP contribution in [0.2, 0.25) is 0 Å². The second-order valence-electron chi connectivity index (χ2n) is 1.81. The molecule has 0 amide bonds. The van der Waals surface area contributed by atoms with Crippen molar-refractivity contribution < 1.29 is 0 Å². The molecule has 0 spiro atoms. The van der Waals surface area contributed by atoms with Crippen molar-refractivity contribution in [2.45, 2.75) is 13.0 Å². The van der Waals surface area contributed by atoms with E-state index in [2.05, 4.69) is 51.3 Å². The Bertz CT molecular complexity index is 112. The molecule has 0 aromatic rings. The van der Waals surface area contributed by atoms with Crippen molar-refractivity contribution in [1.82, 2.24) is 3.11 Å². The van der Waals surface area contributed by atoms with Crippen LogP contribution >= 0.6 is 22.9 Å². The Balaban J connectivity index is 2.59. The van der Waals surface area contributed by atoms with E-state index in [1.807, 2.05) is 6.08 Å². The van der Waals surface area contributed by atoms with E-state index in [-0.39, 0.29) is 0 Å². The third-order valence-electron chi connectivity index (χ3n) is 1.12. The number of hydrogen-bond donors (Lipinski definition) is 0. The summed E-state index contributed by atoms with van der Waals surface area (Å²) >= 11 is 2.28. The van der Waals surface area contributed by atoms with E-state index in [0.29, 0.717) is 6.04 Å². The van der Waals surface area contributed by atoms with Gasteiger partial charge in [-0.1, -0.05) is 12.2 Å². The van der Waals surface area contributed by atoms with Gasteiger partial charge >= 0.3 is 0 Å². The van der Waals surface area contributed by atoms with Gasteiger partial charge in [0.05, 0.1) is 28.9 Å². The smallest absolute Gasteiger partial charge is 0.0591 e. The largest absolute Gasteiger partial charge is 0.315 e. The second kappa shape index (κ2) is 2.53. The molecule has 1 aliphatic rings. The van der Waals surface area contributed by atoms with Crippen molar-refractivity contribution in [2.24, 2.45) is 0 Å². The van der Waals surface area contributed by atoms with Crippen LogP contribution in [0, 0.1) is 0 Å². The van der Waals surface area contributed by atoms with Crippen LogP contribution < -0.4 is 0 Å². The standard InChI is InChI=1S/C6H8IN/c1-6-4-2-3-5-8(6)7/h2-6H,1H3. The number of hydrogen-bond acceptors (Lipinski definition) is 1. The first-order chi connectivity index (χ1) is 3.80. The quantitative estimate of drug-likeness (QED) is 0.447. The van der Waals surface area contributed by atoms with Gasteiger partial charge in [-0.3, -0.25) is 0 Å². The van der Waals surface area contributed by atoms with Gasteiger partial charge < -0.3 is 3.11 Å². The van der Waals surface area contributed by atoms with Gasteiger partial charge in [0.15, 0.2) is 0 Å². The first-order valence-corrected chi connectivity index (χ1v) is 3.56. The van der Waals surface area contributed by atoms with Crippen LogP contribution in [0.4, 0.5) is 0 Å². The molecule has 0 saturated heterocycles. The topological polar surface area (TPSA) is 3.24 Å². The van der Waals surface area contributed by atoms with Gasteiger partial charge in [0.25, 0.3) is 0 Å². The highest BCUT2D eigenvalue weighted by molar-refractivity contribution is 14.1. The van der Waals surface area contributed by atoms with Crippen LogP contribution in [-0.2, 0) is 0 Å². The third-order valence-corrected chi connectivity index (χ3v) is 2.32. The molecule has 1 atom stereocenters. The molecule has 1 unspecified atom stereocenters. The number of allylic oxidation sites excluding steroid dienone is 2. The molecule has 0 saturated carbocycles. The summed E-state index contributed by atoms with van der Waals surface area (Å²) < 4.78 is 2.14. The lowest BCUT2D eigenvalue weighted by atomic mass is 10.2. The van der Waals surface area contributed by atoms with Crippen LogP contribution in [0.15, 0.2) is 24.4 Å². The molecule has 0 fully saturated rings. The van der Waals surface area contributed by atoms with Gasteiger partial charge in [-0.2, -0.15) is 0 Å². The van der Waals surface area contributed by atoms with Crippen LogP contribution in [-0.4, -0.2) is 9.16 Å². The minimum Gasteiger partial charge on any atom is -0.315 e. The number of rotatable bonds is 0. The average Bonchev–Trinajstić information content (AvgIpc) is 1.77. The SMILES string of the molecule is CC1C=CC=CN1I. The number of halogens is 1. The van der Waals surface area contributed by atoms with Crippen molar-refractivity contribution >= 4 is 22.9 Å². The molecular weight excluding hydrogens is 213 g/mol. The lowest BCUT2D eigenvalue weighted by Crippen LogP contribution is -2.16. The van der Waals surface area contributed by atoms with Gasteiger partial charge in [0.2, 0.25) is 0 Å². The molecule has 1 aliphatic heterocycles. The van der Waals surface area contributed by atoms with Gasteiger partial charge in [-0.25, -0.2) is 0 Å². The first-order valence-electron chi connectivity index (χ1n) is 2.60. The van der Waals surface area contributed by atoms with Crippen molar-refractivity contribution in [1.29, 1.82) is 0 Å². The molecule has 0 N–H and O–H groups in total. The Morgan fingerprint density at radius 1 is 1.50 bits per heavy atom. The van der Waals surface area contributed by atoms with Crippen molar-refractivity contribution in [3.63, 3.8) is 0 Å². The summed E-state index contributed by atoms with van der Waals surface area (Å²) in [6.07, 6.45) is 8.32. The fourth-order valence-corrected chi connectivity index (χ4v) is 0.946. The highest BCUT2D eigenvalue weighted by Crippen LogP contribution is 2.11. The lowest BCUT2D eigenvalue weighted by Gasteiger charge is -2.18. The molecule has 1 nitrogen and oxygen atoms in total. The maximum Gasteiger partial charge on any atom is 0.0591 e. The summed E-state index contributed by atoms with van der Waals surface area (Å²) in [5, 5.41) is 0. The monoisotopic (exact) mass is 221 g/mol. The predicted octanol–water partition coefficient (Wildman–Crippen LogP) is 2.11. The molecule has 0 aromatic heterocycles. The molecule has 0 bridgehead atoms. The second-order valence-corrected chi connectivity index (χ2v) is 2.93. The van der Waals surface area contributed by atoms with E-state index in [9.17, 15) is 0 Å². The third kappa shape index (κ3) is 1.24. The predicted molar refractivity (Wildman–Crippen MR) is 43.6 cm³/mol. The van der Waals surface area contributed by atoms with Gasteiger partial charge in [-0.15, -0.1) is 0 Å². The molecule has 0 radical (unpaired) electrons. The summed E-state index contributed by atoms with van der Waals surface area (Å²) in [7, 11) is 0. The summed E-state index contributed by atoms with van der Waals surface area (Å²) in [5.41, 5.74) is 0. The van der Waals surface area contributed by atoms with Gasteiger partial charge in [-0.05, 0) is 13.0 Å². The molecule has 44 valence electrons. The van der Waals surface area contributed by atoms with E-state index >= 15 is 0 Å². The van der Waals surface area contributed by atoms with Crippen LogP contribution in [0.1, 0.15) is 6.92 Å². The minimum atomic E-state index is 0.556. The van der Waals surface area contributed by atoms with E-state index in [4.69, 9.17) is 0 Å². The fourth-order valence-electron chi connectivity index (χ4n) is 0.575. The normalized spacial score (nSPS) is 26.8. The molecule has 0 aliphatic carbocycles. The zero-order valence-electron chi connectivity index (χ0n) is 4.71. The lowest BCUT2D eigenvalue weighted by molar-refractivity contribution is 0.588. The Kier molecular flexibility index (Phi) is 1.94. The first kappa shape index (κ1) is 6.13. The average molecular weight is 221 g/mol. The summed E-state index contributed by atoms with van der Waals surface area (Å²) in [6, 6.07) is 0.556. The minimum absolute atomic E-state index is 0.556. The van der Waals surface area contributed by atoms with E-state index in [1.54, 1.807) is 0 Å². The molecule has 1 rings (SSSR count). The van der Waals surface area contributed by atoms with Crippen molar-refractivity contribution in [2.75, 3.05) is 0 Å². The van der Waals surface area contributed by atoms with Crippen LogP contribution in [0.5, 0.6) is 0 Å². The summed E-state index contributed by atoms with van der Waals surface area (Å²) in [5.74, 6) is 0. The van der Waals surface area contributed by atoms with E-state index in [1.165, 1.54) is 0 Å². The van der Waals surface area contributed by atoms with Gasteiger partial charge in [0.1, 0.15) is 0 Å². The van der Waals surface area contributed by atoms with Crippen molar-refractivity contribution in [3.8, 4) is 0 Å². The molecular formula is C6H8IN. The Labute approximate surface area is 63.6 Å². The number of nitrogens with zero attached hydrogens (tertiary/aromatic N) is 1. The highest BCUT2D eigenvalue weighted by atomic mass is 127. The van der Waals surface area contributed by atoms with E-state index in [0.717, 1.165) is 0 Å². The fraction of sp³-hybridized carbons (Fsp3) is 0.333. The Morgan fingerprint density at radius 3 is 2.62 bits per heavy atom. The molecule has 0 aromatic carbocycles. The maximum absolute atomic E-state index is 2.28. The maximum atomic E-state index is 2.28. The Hall–Kier alpha value is 0.0100. The molecule has 8 heavy (non-hydrogen) atoms. The van der Waals surface area contributed by atoms with E-state index < -0.39 is 0 Å². The highest BCUT2D eigenvalue weighted by Gasteiger charge is 2.02.